The van der Waals surface area contributed by atoms with E-state index in [4.69, 9.17) is 4.74 Å². The number of likely N-dealkylation sites (tertiary alicyclic amines) is 1. The molecule has 0 atom stereocenters. The normalized spacial score (nSPS) is 14.7. The second-order valence-electron chi connectivity index (χ2n) is 8.08. The maximum absolute atomic E-state index is 12.8. The van der Waals surface area contributed by atoms with Crippen molar-refractivity contribution in [1.29, 1.82) is 0 Å². The maximum Gasteiger partial charge on any atom is 0.243 e. The summed E-state index contributed by atoms with van der Waals surface area (Å²) in [5.74, 6) is 2.40. The van der Waals surface area contributed by atoms with Crippen LogP contribution in [0.1, 0.15) is 25.3 Å². The molecule has 3 aromatic rings. The van der Waals surface area contributed by atoms with Gasteiger partial charge in [-0.2, -0.15) is 0 Å². The van der Waals surface area contributed by atoms with Crippen LogP contribution in [0, 0.1) is 5.92 Å². The molecule has 1 fully saturated rings. The van der Waals surface area contributed by atoms with Crippen LogP contribution in [0.15, 0.2) is 41.7 Å². The smallest absolute Gasteiger partial charge is 0.243 e. The van der Waals surface area contributed by atoms with Gasteiger partial charge in [-0.05, 0) is 37.7 Å². The monoisotopic (exact) mass is 454 g/mol. The van der Waals surface area contributed by atoms with Crippen LogP contribution in [-0.4, -0.2) is 61.3 Å². The van der Waals surface area contributed by atoms with E-state index in [0.717, 1.165) is 43.1 Å². The van der Waals surface area contributed by atoms with Crippen molar-refractivity contribution in [2.24, 2.45) is 13.0 Å². The molecule has 1 saturated heterocycles. The van der Waals surface area contributed by atoms with E-state index >= 15 is 0 Å². The van der Waals surface area contributed by atoms with Crippen LogP contribution < -0.4 is 4.74 Å². The fraction of sp³-hybridized carbons (Fsp3) is 0.478. The minimum Gasteiger partial charge on any atom is -0.479 e. The fourth-order valence-corrected chi connectivity index (χ4v) is 5.11. The Kier molecular flexibility index (Phi) is 7.14. The van der Waals surface area contributed by atoms with Crippen molar-refractivity contribution >= 4 is 17.7 Å². The van der Waals surface area contributed by atoms with E-state index in [0.29, 0.717) is 29.9 Å². The number of ether oxygens (including phenoxy) is 1. The predicted octanol–water partition coefficient (Wildman–Crippen LogP) is 3.28. The third-order valence-electron chi connectivity index (χ3n) is 5.92. The second kappa shape index (κ2) is 10.2. The number of amides is 1. The highest BCUT2D eigenvalue weighted by atomic mass is 32.2. The third-order valence-corrected chi connectivity index (χ3v) is 6.87. The molecule has 0 saturated carbocycles. The molecule has 0 bridgehead atoms. The molecular weight excluding hydrogens is 424 g/mol. The van der Waals surface area contributed by atoms with Gasteiger partial charge in [-0.1, -0.05) is 42.1 Å². The standard InChI is InChI=1S/C23H30N6O2S/c1-4-29-21(19-15-27(2)26-22(19)31-3)24-25-23(29)32-16-20(30)28-12-10-18(11-13-28)14-17-8-6-5-7-9-17/h5-9,15,18H,4,10-14,16H2,1-3H3. The lowest BCUT2D eigenvalue weighted by Crippen LogP contribution is -2.39. The minimum absolute atomic E-state index is 0.166. The van der Waals surface area contributed by atoms with Crippen LogP contribution in [0.3, 0.4) is 0 Å². The van der Waals surface area contributed by atoms with Gasteiger partial charge in [0, 0.05) is 32.9 Å². The summed E-state index contributed by atoms with van der Waals surface area (Å²) in [6.07, 6.45) is 5.08. The van der Waals surface area contributed by atoms with E-state index in [1.165, 1.54) is 17.3 Å². The number of methoxy groups -OCH3 is 1. The van der Waals surface area contributed by atoms with Crippen molar-refractivity contribution in [2.75, 3.05) is 26.0 Å². The van der Waals surface area contributed by atoms with E-state index in [1.807, 2.05) is 29.6 Å². The zero-order valence-corrected chi connectivity index (χ0v) is 19.7. The van der Waals surface area contributed by atoms with E-state index in [9.17, 15) is 4.79 Å². The molecule has 1 aliphatic heterocycles. The Labute approximate surface area is 193 Å². The average molecular weight is 455 g/mol. The van der Waals surface area contributed by atoms with Gasteiger partial charge in [0.25, 0.3) is 0 Å². The molecule has 1 aliphatic rings. The van der Waals surface area contributed by atoms with Crippen molar-refractivity contribution < 1.29 is 9.53 Å². The molecule has 2 aromatic heterocycles. The molecule has 0 N–H and O–H groups in total. The highest BCUT2D eigenvalue weighted by molar-refractivity contribution is 7.99. The van der Waals surface area contributed by atoms with Crippen LogP contribution in [0.25, 0.3) is 11.4 Å². The first-order valence-electron chi connectivity index (χ1n) is 11.0. The topological polar surface area (TPSA) is 78.1 Å². The molecule has 9 heteroatoms. The summed E-state index contributed by atoms with van der Waals surface area (Å²) < 4.78 is 9.07. The Morgan fingerprint density at radius 2 is 1.94 bits per heavy atom. The van der Waals surface area contributed by atoms with Gasteiger partial charge >= 0.3 is 0 Å². The van der Waals surface area contributed by atoms with Crippen LogP contribution in [-0.2, 0) is 24.8 Å². The number of hydrogen-bond donors (Lipinski definition) is 0. The minimum atomic E-state index is 0.166. The Morgan fingerprint density at radius 1 is 1.19 bits per heavy atom. The SMILES string of the molecule is CCn1c(SCC(=O)N2CCC(Cc3ccccc3)CC2)nnc1-c1cn(C)nc1OC. The molecule has 32 heavy (non-hydrogen) atoms. The van der Waals surface area contributed by atoms with Crippen LogP contribution in [0.2, 0.25) is 0 Å². The number of aromatic nitrogens is 5. The number of hydrogen-bond acceptors (Lipinski definition) is 6. The Balaban J connectivity index is 1.33. The molecule has 3 heterocycles. The van der Waals surface area contributed by atoms with Gasteiger partial charge in [-0.15, -0.1) is 15.3 Å². The quantitative estimate of drug-likeness (QED) is 0.486. The summed E-state index contributed by atoms with van der Waals surface area (Å²) in [5.41, 5.74) is 2.18. The number of aryl methyl sites for hydroxylation is 1. The molecule has 170 valence electrons. The van der Waals surface area contributed by atoms with E-state index in [2.05, 4.69) is 45.6 Å². The summed E-state index contributed by atoms with van der Waals surface area (Å²) in [5, 5.41) is 13.7. The number of carbonyl (C=O) groups is 1. The number of carbonyl (C=O) groups excluding carboxylic acids is 1. The van der Waals surface area contributed by atoms with Crippen molar-refractivity contribution in [3.05, 3.63) is 42.1 Å². The number of benzene rings is 1. The van der Waals surface area contributed by atoms with Crippen LogP contribution >= 0.6 is 11.8 Å². The lowest BCUT2D eigenvalue weighted by molar-refractivity contribution is -0.129. The fourth-order valence-electron chi connectivity index (χ4n) is 4.20. The molecule has 4 rings (SSSR count). The van der Waals surface area contributed by atoms with Crippen LogP contribution in [0.4, 0.5) is 0 Å². The highest BCUT2D eigenvalue weighted by Gasteiger charge is 2.24. The van der Waals surface area contributed by atoms with Gasteiger partial charge in [0.2, 0.25) is 11.8 Å². The lowest BCUT2D eigenvalue weighted by Gasteiger charge is -2.32. The average Bonchev–Trinajstić information content (AvgIpc) is 3.40. The van der Waals surface area contributed by atoms with E-state index in [1.54, 1.807) is 11.8 Å². The highest BCUT2D eigenvalue weighted by Crippen LogP contribution is 2.30. The zero-order valence-electron chi connectivity index (χ0n) is 18.9. The van der Waals surface area contributed by atoms with E-state index < -0.39 is 0 Å². The third kappa shape index (κ3) is 4.98. The first-order chi connectivity index (χ1) is 15.6. The molecule has 0 aliphatic carbocycles. The summed E-state index contributed by atoms with van der Waals surface area (Å²) in [6, 6.07) is 10.6. The van der Waals surface area contributed by atoms with Crippen LogP contribution in [0.5, 0.6) is 5.88 Å². The second-order valence-corrected chi connectivity index (χ2v) is 9.02. The van der Waals surface area contributed by atoms with Gasteiger partial charge in [0.05, 0.1) is 12.9 Å². The van der Waals surface area contributed by atoms with Crippen molar-refractivity contribution in [2.45, 2.75) is 37.9 Å². The molecule has 1 amide bonds. The van der Waals surface area contributed by atoms with Gasteiger partial charge in [-0.25, -0.2) is 0 Å². The molecule has 8 nitrogen and oxygen atoms in total. The van der Waals surface area contributed by atoms with Gasteiger partial charge < -0.3 is 14.2 Å². The molecule has 1 aromatic carbocycles. The predicted molar refractivity (Wildman–Crippen MR) is 125 cm³/mol. The van der Waals surface area contributed by atoms with Gasteiger partial charge in [-0.3, -0.25) is 9.48 Å². The van der Waals surface area contributed by atoms with Crippen molar-refractivity contribution in [3.63, 3.8) is 0 Å². The molecule has 0 spiro atoms. The first-order valence-corrected chi connectivity index (χ1v) is 12.0. The molecule has 0 radical (unpaired) electrons. The molecule has 0 unspecified atom stereocenters. The maximum atomic E-state index is 12.8. The summed E-state index contributed by atoms with van der Waals surface area (Å²) in [6.45, 7) is 4.39. The van der Waals surface area contributed by atoms with Crippen molar-refractivity contribution in [3.8, 4) is 17.3 Å². The summed E-state index contributed by atoms with van der Waals surface area (Å²) in [4.78, 5) is 14.8. The number of rotatable bonds is 8. The lowest BCUT2D eigenvalue weighted by atomic mass is 9.90. The summed E-state index contributed by atoms with van der Waals surface area (Å²) >= 11 is 1.44. The number of thioether (sulfide) groups is 1. The zero-order chi connectivity index (χ0) is 22.5. The largest absolute Gasteiger partial charge is 0.479 e. The Morgan fingerprint density at radius 3 is 2.62 bits per heavy atom. The Hall–Kier alpha value is -2.81. The molecular formula is C23H30N6O2S. The number of nitrogens with zero attached hydrogens (tertiary/aromatic N) is 6. The van der Waals surface area contributed by atoms with Gasteiger partial charge in [0.15, 0.2) is 11.0 Å². The Bertz CT molecular complexity index is 1040. The first kappa shape index (κ1) is 22.4. The number of piperidine rings is 1. The van der Waals surface area contributed by atoms with E-state index in [-0.39, 0.29) is 5.91 Å². The van der Waals surface area contributed by atoms with Crippen molar-refractivity contribution in [1.82, 2.24) is 29.4 Å². The summed E-state index contributed by atoms with van der Waals surface area (Å²) in [7, 11) is 3.44. The van der Waals surface area contributed by atoms with Gasteiger partial charge in [0.1, 0.15) is 5.56 Å².